The van der Waals surface area contributed by atoms with E-state index >= 15 is 0 Å². The van der Waals surface area contributed by atoms with Crippen molar-refractivity contribution >= 4 is 12.4 Å². The molecule has 0 bridgehead atoms. The van der Waals surface area contributed by atoms with Crippen molar-refractivity contribution in [3.63, 3.8) is 0 Å². The summed E-state index contributed by atoms with van der Waals surface area (Å²) in [5, 5.41) is 2.73. The first kappa shape index (κ1) is 17.0. The summed E-state index contributed by atoms with van der Waals surface area (Å²) < 4.78 is 10.3. The summed E-state index contributed by atoms with van der Waals surface area (Å²) in [7, 11) is 1.61. The number of nitrogens with one attached hydrogen (secondary N) is 1. The number of benzene rings is 1. The van der Waals surface area contributed by atoms with E-state index in [1.807, 2.05) is 24.3 Å². The summed E-state index contributed by atoms with van der Waals surface area (Å²) in [6.45, 7) is 5.39. The Kier molecular flexibility index (Phi) is 6.21. The van der Waals surface area contributed by atoms with Gasteiger partial charge in [0.1, 0.15) is 17.6 Å². The summed E-state index contributed by atoms with van der Waals surface area (Å²) in [6.07, 6.45) is 1.08. The molecule has 0 spiro atoms. The zero-order valence-corrected chi connectivity index (χ0v) is 13.0. The first-order chi connectivity index (χ1) is 9.84. The summed E-state index contributed by atoms with van der Waals surface area (Å²) in [4.78, 5) is 22.5. The van der Waals surface area contributed by atoms with Crippen molar-refractivity contribution in [1.29, 1.82) is 0 Å². The lowest BCUT2D eigenvalue weighted by Crippen LogP contribution is -2.40. The lowest BCUT2D eigenvalue weighted by molar-refractivity contribution is -0.108. The number of alkyl carbamates (subject to hydrolysis) is 1. The standard InChI is InChI=1S/C16H23NO4/c1-16(2,3)21-15(19)17-13(9-10-18)11-12-5-7-14(20-4)8-6-12/h5-8,10,13H,9,11H2,1-4H3,(H,17,19)/t13-/m1/s1. The van der Waals surface area contributed by atoms with Crippen LogP contribution in [0.15, 0.2) is 24.3 Å². The van der Waals surface area contributed by atoms with E-state index in [9.17, 15) is 9.59 Å². The van der Waals surface area contributed by atoms with Crippen molar-refractivity contribution < 1.29 is 19.1 Å². The molecule has 0 saturated carbocycles. The van der Waals surface area contributed by atoms with Gasteiger partial charge in [-0.2, -0.15) is 0 Å². The molecule has 1 amide bonds. The molecule has 0 saturated heterocycles. The van der Waals surface area contributed by atoms with Gasteiger partial charge in [0.15, 0.2) is 0 Å². The molecule has 0 fully saturated rings. The van der Waals surface area contributed by atoms with Crippen molar-refractivity contribution in [3.8, 4) is 5.75 Å². The number of methoxy groups -OCH3 is 1. The predicted octanol–water partition coefficient (Wildman–Crippen LogP) is 2.72. The highest BCUT2D eigenvalue weighted by atomic mass is 16.6. The van der Waals surface area contributed by atoms with Crippen LogP contribution in [-0.2, 0) is 16.0 Å². The molecule has 1 N–H and O–H groups in total. The maximum Gasteiger partial charge on any atom is 0.407 e. The normalized spacial score (nSPS) is 12.4. The molecule has 1 atom stereocenters. The third kappa shape index (κ3) is 6.79. The Hall–Kier alpha value is -2.04. The minimum absolute atomic E-state index is 0.241. The fourth-order valence-corrected chi connectivity index (χ4v) is 1.83. The Morgan fingerprint density at radius 1 is 1.29 bits per heavy atom. The predicted molar refractivity (Wildman–Crippen MR) is 80.5 cm³/mol. The number of amides is 1. The number of carbonyl (C=O) groups excluding carboxylic acids is 2. The van der Waals surface area contributed by atoms with Crippen LogP contribution in [0.5, 0.6) is 5.75 Å². The van der Waals surface area contributed by atoms with E-state index in [0.29, 0.717) is 6.42 Å². The Morgan fingerprint density at radius 3 is 2.38 bits per heavy atom. The van der Waals surface area contributed by atoms with Crippen molar-refractivity contribution in [2.75, 3.05) is 7.11 Å². The van der Waals surface area contributed by atoms with Gasteiger partial charge in [0.05, 0.1) is 7.11 Å². The number of carbonyl (C=O) groups is 2. The van der Waals surface area contributed by atoms with Crippen molar-refractivity contribution in [2.45, 2.75) is 45.3 Å². The van der Waals surface area contributed by atoms with Gasteiger partial charge in [-0.25, -0.2) is 4.79 Å². The Bertz CT molecular complexity index is 462. The third-order valence-electron chi connectivity index (χ3n) is 2.74. The highest BCUT2D eigenvalue weighted by Crippen LogP contribution is 2.14. The molecule has 0 aromatic heterocycles. The van der Waals surface area contributed by atoms with Crippen LogP contribution in [0, 0.1) is 0 Å². The molecule has 0 heterocycles. The molecule has 5 nitrogen and oxygen atoms in total. The van der Waals surface area contributed by atoms with Gasteiger partial charge < -0.3 is 19.6 Å². The second kappa shape index (κ2) is 7.67. The van der Waals surface area contributed by atoms with Crippen LogP contribution < -0.4 is 10.1 Å². The van der Waals surface area contributed by atoms with Crippen molar-refractivity contribution in [1.82, 2.24) is 5.32 Å². The monoisotopic (exact) mass is 293 g/mol. The second-order valence-corrected chi connectivity index (χ2v) is 5.80. The van der Waals surface area contributed by atoms with Crippen molar-refractivity contribution in [2.24, 2.45) is 0 Å². The Balaban J connectivity index is 2.63. The number of hydrogen-bond donors (Lipinski definition) is 1. The lowest BCUT2D eigenvalue weighted by Gasteiger charge is -2.23. The molecule has 1 rings (SSSR count). The van der Waals surface area contributed by atoms with E-state index in [0.717, 1.165) is 17.6 Å². The van der Waals surface area contributed by atoms with Gasteiger partial charge in [-0.05, 0) is 44.9 Å². The number of hydrogen-bond acceptors (Lipinski definition) is 4. The van der Waals surface area contributed by atoms with Gasteiger partial charge in [-0.15, -0.1) is 0 Å². The maximum atomic E-state index is 11.8. The van der Waals surface area contributed by atoms with Crippen LogP contribution in [0.25, 0.3) is 0 Å². The molecule has 5 heteroatoms. The van der Waals surface area contributed by atoms with E-state index < -0.39 is 11.7 Å². The molecule has 0 aliphatic rings. The fraction of sp³-hybridized carbons (Fsp3) is 0.500. The van der Waals surface area contributed by atoms with Gasteiger partial charge in [0.25, 0.3) is 0 Å². The molecule has 1 aromatic rings. The molecule has 116 valence electrons. The quantitative estimate of drug-likeness (QED) is 0.819. The molecule has 0 radical (unpaired) electrons. The van der Waals surface area contributed by atoms with Gasteiger partial charge in [-0.1, -0.05) is 12.1 Å². The topological polar surface area (TPSA) is 64.6 Å². The minimum atomic E-state index is -0.560. The maximum absolute atomic E-state index is 11.8. The van der Waals surface area contributed by atoms with E-state index in [1.54, 1.807) is 27.9 Å². The molecular weight excluding hydrogens is 270 g/mol. The fourth-order valence-electron chi connectivity index (χ4n) is 1.83. The van der Waals surface area contributed by atoms with Crippen LogP contribution in [0.3, 0.4) is 0 Å². The smallest absolute Gasteiger partial charge is 0.407 e. The zero-order valence-electron chi connectivity index (χ0n) is 13.0. The molecule has 1 aromatic carbocycles. The van der Waals surface area contributed by atoms with E-state index in [-0.39, 0.29) is 12.5 Å². The summed E-state index contributed by atoms with van der Waals surface area (Å²) in [6, 6.07) is 7.23. The highest BCUT2D eigenvalue weighted by Gasteiger charge is 2.19. The Morgan fingerprint density at radius 2 is 1.90 bits per heavy atom. The van der Waals surface area contributed by atoms with Gasteiger partial charge >= 0.3 is 6.09 Å². The van der Waals surface area contributed by atoms with Gasteiger partial charge in [0, 0.05) is 12.5 Å². The van der Waals surface area contributed by atoms with Crippen LogP contribution in [0.4, 0.5) is 4.79 Å². The van der Waals surface area contributed by atoms with Crippen LogP contribution in [0.2, 0.25) is 0 Å². The average Bonchev–Trinajstić information content (AvgIpc) is 2.37. The van der Waals surface area contributed by atoms with Crippen LogP contribution in [-0.4, -0.2) is 31.1 Å². The minimum Gasteiger partial charge on any atom is -0.497 e. The van der Waals surface area contributed by atoms with Crippen LogP contribution >= 0.6 is 0 Å². The zero-order chi connectivity index (χ0) is 15.9. The third-order valence-corrected chi connectivity index (χ3v) is 2.74. The number of aldehydes is 1. The first-order valence-corrected chi connectivity index (χ1v) is 6.90. The van der Waals surface area contributed by atoms with Crippen molar-refractivity contribution in [3.05, 3.63) is 29.8 Å². The molecule has 0 aliphatic heterocycles. The molecule has 0 aliphatic carbocycles. The molecular formula is C16H23NO4. The van der Waals surface area contributed by atoms with Gasteiger partial charge in [-0.3, -0.25) is 0 Å². The summed E-state index contributed by atoms with van der Waals surface area (Å²) in [5.74, 6) is 0.769. The Labute approximate surface area is 125 Å². The highest BCUT2D eigenvalue weighted by molar-refractivity contribution is 5.68. The largest absolute Gasteiger partial charge is 0.497 e. The van der Waals surface area contributed by atoms with E-state index in [1.165, 1.54) is 0 Å². The molecule has 21 heavy (non-hydrogen) atoms. The summed E-state index contributed by atoms with van der Waals surface area (Å²) >= 11 is 0. The summed E-state index contributed by atoms with van der Waals surface area (Å²) in [5.41, 5.74) is 0.453. The first-order valence-electron chi connectivity index (χ1n) is 6.90. The SMILES string of the molecule is COc1ccc(C[C@@H](CC=O)NC(=O)OC(C)(C)C)cc1. The van der Waals surface area contributed by atoms with E-state index in [4.69, 9.17) is 9.47 Å². The van der Waals surface area contributed by atoms with Gasteiger partial charge in [0.2, 0.25) is 0 Å². The second-order valence-electron chi connectivity index (χ2n) is 5.80. The number of rotatable bonds is 6. The van der Waals surface area contributed by atoms with Crippen LogP contribution in [0.1, 0.15) is 32.8 Å². The van der Waals surface area contributed by atoms with E-state index in [2.05, 4.69) is 5.32 Å². The lowest BCUT2D eigenvalue weighted by atomic mass is 10.0. The average molecular weight is 293 g/mol. The molecule has 0 unspecified atom stereocenters. The number of ether oxygens (including phenoxy) is 2.